The van der Waals surface area contributed by atoms with Crippen molar-refractivity contribution in [2.75, 3.05) is 13.2 Å². The molecule has 2 rings (SSSR count). The number of ether oxygens (including phenoxy) is 2. The zero-order valence-electron chi connectivity index (χ0n) is 14.7. The van der Waals surface area contributed by atoms with Gasteiger partial charge in [0.1, 0.15) is 18.1 Å². The van der Waals surface area contributed by atoms with Gasteiger partial charge in [0.25, 0.3) is 5.91 Å². The van der Waals surface area contributed by atoms with Crippen LogP contribution >= 0.6 is 15.9 Å². The van der Waals surface area contributed by atoms with Gasteiger partial charge in [0.2, 0.25) is 0 Å². The Morgan fingerprint density at radius 2 is 2.07 bits per heavy atom. The van der Waals surface area contributed by atoms with Crippen molar-refractivity contribution in [1.29, 1.82) is 0 Å². The summed E-state index contributed by atoms with van der Waals surface area (Å²) in [6.07, 6.45) is 9.15. The third-order valence-electron chi connectivity index (χ3n) is 3.37. The molecule has 2 aromatic rings. The largest absolute Gasteiger partial charge is 0.483 e. The molecule has 0 aromatic heterocycles. The third kappa shape index (κ3) is 6.65. The average molecular weight is 427 g/mol. The highest BCUT2D eigenvalue weighted by Crippen LogP contribution is 2.22. The first kappa shape index (κ1) is 20.3. The lowest BCUT2D eigenvalue weighted by atomic mass is 10.1. The van der Waals surface area contributed by atoms with E-state index >= 15 is 0 Å². The monoisotopic (exact) mass is 426 g/mol. The van der Waals surface area contributed by atoms with Crippen LogP contribution in [0.2, 0.25) is 0 Å². The first-order valence-electron chi connectivity index (χ1n) is 8.13. The van der Waals surface area contributed by atoms with Crippen molar-refractivity contribution < 1.29 is 14.3 Å². The Kier molecular flexibility index (Phi) is 8.14. The number of para-hydroxylation sites is 1. The number of nitrogens with zero attached hydrogens (tertiary/aromatic N) is 1. The molecule has 0 heterocycles. The topological polar surface area (TPSA) is 59.9 Å². The van der Waals surface area contributed by atoms with E-state index in [1.165, 1.54) is 6.21 Å². The van der Waals surface area contributed by atoms with E-state index in [2.05, 4.69) is 39.0 Å². The lowest BCUT2D eigenvalue weighted by molar-refractivity contribution is -0.123. The number of terminal acetylenes is 1. The van der Waals surface area contributed by atoms with E-state index in [9.17, 15) is 4.79 Å². The number of carbonyl (C=O) groups is 1. The standard InChI is InChI=1S/C21H19BrN2O3/c1-3-7-16-8-5-6-9-19(16)27-15-21(25)24-23-14-17-13-18(22)10-11-20(17)26-12-4-2/h2-3,5-6,8-11,13-14H,1,7,12,15H2,(H,24,25)/b23-14-. The Hall–Kier alpha value is -3.04. The number of hydrogen-bond donors (Lipinski definition) is 1. The molecular formula is C21H19BrN2O3. The number of halogens is 1. The van der Waals surface area contributed by atoms with Crippen LogP contribution in [0.5, 0.6) is 11.5 Å². The Morgan fingerprint density at radius 1 is 1.26 bits per heavy atom. The predicted octanol–water partition coefficient (Wildman–Crippen LogP) is 3.72. The van der Waals surface area contributed by atoms with Crippen molar-refractivity contribution in [3.05, 3.63) is 70.7 Å². The highest BCUT2D eigenvalue weighted by atomic mass is 79.9. The molecule has 0 bridgehead atoms. The summed E-state index contributed by atoms with van der Waals surface area (Å²) in [5.41, 5.74) is 4.07. The maximum absolute atomic E-state index is 12.0. The minimum Gasteiger partial charge on any atom is -0.483 e. The average Bonchev–Trinajstić information content (AvgIpc) is 2.67. The molecule has 0 atom stereocenters. The predicted molar refractivity (Wildman–Crippen MR) is 110 cm³/mol. The fourth-order valence-electron chi connectivity index (χ4n) is 2.19. The highest BCUT2D eigenvalue weighted by Gasteiger charge is 2.06. The molecule has 0 aliphatic rings. The summed E-state index contributed by atoms with van der Waals surface area (Å²) in [5, 5.41) is 3.95. The lowest BCUT2D eigenvalue weighted by Gasteiger charge is -2.09. The smallest absolute Gasteiger partial charge is 0.277 e. The molecule has 1 amide bonds. The lowest BCUT2D eigenvalue weighted by Crippen LogP contribution is -2.24. The first-order valence-corrected chi connectivity index (χ1v) is 8.92. The van der Waals surface area contributed by atoms with Gasteiger partial charge in [-0.2, -0.15) is 5.10 Å². The molecule has 5 nitrogen and oxygen atoms in total. The molecule has 2 aromatic carbocycles. The summed E-state index contributed by atoms with van der Waals surface area (Å²) < 4.78 is 11.9. The maximum atomic E-state index is 12.0. The third-order valence-corrected chi connectivity index (χ3v) is 3.86. The van der Waals surface area contributed by atoms with Crippen molar-refractivity contribution >= 4 is 28.1 Å². The summed E-state index contributed by atoms with van der Waals surface area (Å²) in [5.74, 6) is 3.25. The van der Waals surface area contributed by atoms with Crippen molar-refractivity contribution in [2.45, 2.75) is 6.42 Å². The normalized spacial score (nSPS) is 10.2. The highest BCUT2D eigenvalue weighted by molar-refractivity contribution is 9.10. The van der Waals surface area contributed by atoms with Crippen molar-refractivity contribution in [3.63, 3.8) is 0 Å². The molecule has 0 unspecified atom stereocenters. The summed E-state index contributed by atoms with van der Waals surface area (Å²) in [6.45, 7) is 3.71. The first-order chi connectivity index (χ1) is 13.1. The summed E-state index contributed by atoms with van der Waals surface area (Å²) >= 11 is 3.38. The zero-order chi connectivity index (χ0) is 19.5. The second-order valence-electron chi connectivity index (χ2n) is 5.36. The molecule has 0 aliphatic carbocycles. The minimum absolute atomic E-state index is 0.146. The van der Waals surface area contributed by atoms with Crippen LogP contribution in [0.1, 0.15) is 11.1 Å². The summed E-state index contributed by atoms with van der Waals surface area (Å²) in [4.78, 5) is 12.0. The van der Waals surface area contributed by atoms with Gasteiger partial charge in [-0.1, -0.05) is 46.1 Å². The molecule has 0 radical (unpaired) electrons. The van der Waals surface area contributed by atoms with E-state index in [0.717, 1.165) is 10.0 Å². The number of hydrogen-bond acceptors (Lipinski definition) is 4. The van der Waals surface area contributed by atoms with Gasteiger partial charge < -0.3 is 9.47 Å². The zero-order valence-corrected chi connectivity index (χ0v) is 16.2. The van der Waals surface area contributed by atoms with E-state index < -0.39 is 0 Å². The minimum atomic E-state index is -0.374. The van der Waals surface area contributed by atoms with Gasteiger partial charge in [0, 0.05) is 10.0 Å². The molecule has 0 fully saturated rings. The van der Waals surface area contributed by atoms with Crippen LogP contribution in [-0.4, -0.2) is 25.3 Å². The number of benzene rings is 2. The molecule has 0 saturated heterocycles. The van der Waals surface area contributed by atoms with Crippen molar-refractivity contribution in [1.82, 2.24) is 5.43 Å². The van der Waals surface area contributed by atoms with Gasteiger partial charge >= 0.3 is 0 Å². The Morgan fingerprint density at radius 3 is 2.85 bits per heavy atom. The van der Waals surface area contributed by atoms with E-state index in [1.807, 2.05) is 36.4 Å². The van der Waals surface area contributed by atoms with Gasteiger partial charge in [-0.3, -0.25) is 4.79 Å². The second-order valence-corrected chi connectivity index (χ2v) is 6.27. The Bertz CT molecular complexity index is 872. The van der Waals surface area contributed by atoms with Crippen molar-refractivity contribution in [2.24, 2.45) is 5.10 Å². The maximum Gasteiger partial charge on any atom is 0.277 e. The molecule has 0 spiro atoms. The Labute approximate surface area is 167 Å². The molecule has 0 saturated carbocycles. The van der Waals surface area contributed by atoms with Crippen LogP contribution in [0.3, 0.4) is 0 Å². The van der Waals surface area contributed by atoms with Crippen LogP contribution in [0.15, 0.2) is 64.7 Å². The molecule has 138 valence electrons. The van der Waals surface area contributed by atoms with Crippen LogP contribution in [0, 0.1) is 12.3 Å². The van der Waals surface area contributed by atoms with Gasteiger partial charge in [0.05, 0.1) is 6.21 Å². The van der Waals surface area contributed by atoms with E-state index in [0.29, 0.717) is 23.5 Å². The fraction of sp³-hybridized carbons (Fsp3) is 0.143. The van der Waals surface area contributed by atoms with Gasteiger partial charge in [-0.15, -0.1) is 13.0 Å². The fourth-order valence-corrected chi connectivity index (χ4v) is 2.57. The number of nitrogens with one attached hydrogen (secondary N) is 1. The van der Waals surface area contributed by atoms with Crippen LogP contribution in [0.4, 0.5) is 0 Å². The van der Waals surface area contributed by atoms with Crippen LogP contribution in [0.25, 0.3) is 0 Å². The molecule has 0 aliphatic heterocycles. The number of allylic oxidation sites excluding steroid dienone is 1. The number of carbonyl (C=O) groups excluding carboxylic acids is 1. The van der Waals surface area contributed by atoms with Crippen LogP contribution in [-0.2, 0) is 11.2 Å². The summed E-state index contributed by atoms with van der Waals surface area (Å²) in [7, 11) is 0. The summed E-state index contributed by atoms with van der Waals surface area (Å²) in [6, 6.07) is 12.9. The quantitative estimate of drug-likeness (QED) is 0.287. The number of rotatable bonds is 9. The number of amides is 1. The van der Waals surface area contributed by atoms with Gasteiger partial charge in [-0.05, 0) is 36.2 Å². The second kappa shape index (κ2) is 10.8. The molecule has 1 N–H and O–H groups in total. The van der Waals surface area contributed by atoms with Gasteiger partial charge in [-0.25, -0.2) is 5.43 Å². The molecule has 6 heteroatoms. The van der Waals surface area contributed by atoms with E-state index in [4.69, 9.17) is 15.9 Å². The molecule has 27 heavy (non-hydrogen) atoms. The number of hydrazone groups is 1. The van der Waals surface area contributed by atoms with Gasteiger partial charge in [0.15, 0.2) is 6.61 Å². The Balaban J connectivity index is 1.93. The van der Waals surface area contributed by atoms with E-state index in [-0.39, 0.29) is 19.1 Å². The van der Waals surface area contributed by atoms with Crippen LogP contribution < -0.4 is 14.9 Å². The van der Waals surface area contributed by atoms with E-state index in [1.54, 1.807) is 12.1 Å². The molecular weight excluding hydrogens is 408 g/mol. The SMILES string of the molecule is C#CCOc1ccc(Br)cc1/C=N\NC(=O)COc1ccccc1CC=C. The van der Waals surface area contributed by atoms with Crippen molar-refractivity contribution in [3.8, 4) is 23.8 Å².